The van der Waals surface area contributed by atoms with E-state index in [1.807, 2.05) is 0 Å². The molecule has 0 N–H and O–H groups in total. The predicted octanol–water partition coefficient (Wildman–Crippen LogP) is 0.719. The third-order valence-corrected chi connectivity index (χ3v) is 4.28. The number of likely N-dealkylation sites (tertiary alicyclic amines) is 1. The van der Waals surface area contributed by atoms with Gasteiger partial charge in [0.05, 0.1) is 25.9 Å². The van der Waals surface area contributed by atoms with E-state index in [2.05, 4.69) is 19.9 Å². The van der Waals surface area contributed by atoms with Crippen LogP contribution in [-0.2, 0) is 4.74 Å². The molecule has 2 saturated heterocycles. The summed E-state index contributed by atoms with van der Waals surface area (Å²) >= 11 is 0. The van der Waals surface area contributed by atoms with Gasteiger partial charge in [0.25, 0.3) is 5.91 Å². The molecule has 8 heteroatoms. The lowest BCUT2D eigenvalue weighted by Gasteiger charge is -2.52. The third kappa shape index (κ3) is 2.92. The second kappa shape index (κ2) is 6.12. The molecular formula is C16H17N5O3. The number of carbonyl (C=O) groups is 1. The first-order chi connectivity index (χ1) is 11.7. The summed E-state index contributed by atoms with van der Waals surface area (Å²) < 4.78 is 11.8. The Morgan fingerprint density at radius 3 is 2.79 bits per heavy atom. The Morgan fingerprint density at radius 1 is 1.21 bits per heavy atom. The van der Waals surface area contributed by atoms with Crippen LogP contribution in [0.2, 0.25) is 0 Å². The van der Waals surface area contributed by atoms with E-state index >= 15 is 0 Å². The topological polar surface area (TPSA) is 90.3 Å². The molecule has 4 heterocycles. The normalized spacial score (nSPS) is 22.0. The lowest BCUT2D eigenvalue weighted by molar-refractivity contribution is -0.174. The third-order valence-electron chi connectivity index (χ3n) is 4.28. The van der Waals surface area contributed by atoms with Crippen LogP contribution < -0.4 is 4.74 Å². The molecule has 0 aliphatic carbocycles. The van der Waals surface area contributed by atoms with Crippen LogP contribution in [0.5, 0.6) is 5.88 Å². The summed E-state index contributed by atoms with van der Waals surface area (Å²) in [6, 6.07) is 1.69. The predicted molar refractivity (Wildman–Crippen MR) is 82.3 cm³/mol. The molecule has 24 heavy (non-hydrogen) atoms. The molecule has 2 aromatic rings. The fourth-order valence-corrected chi connectivity index (χ4v) is 3.16. The van der Waals surface area contributed by atoms with E-state index in [4.69, 9.17) is 9.47 Å². The van der Waals surface area contributed by atoms with Crippen molar-refractivity contribution in [2.24, 2.45) is 0 Å². The van der Waals surface area contributed by atoms with E-state index < -0.39 is 0 Å². The van der Waals surface area contributed by atoms with Crippen LogP contribution in [0, 0.1) is 0 Å². The molecule has 2 fully saturated rings. The summed E-state index contributed by atoms with van der Waals surface area (Å²) in [6.45, 7) is 1.67. The molecule has 0 saturated carbocycles. The number of hydrogen-bond donors (Lipinski definition) is 0. The minimum atomic E-state index is -0.338. The molecule has 0 unspecified atom stereocenters. The van der Waals surface area contributed by atoms with Gasteiger partial charge in [-0.2, -0.15) is 0 Å². The molecule has 0 bridgehead atoms. The largest absolute Gasteiger partial charge is 0.473 e. The standard InChI is InChI=1S/C16H17N5O3/c22-15(14-19-3-1-4-20-14)21-10-16(11-21)8-12(2-7-23-16)24-13-9-17-5-6-18-13/h1,3-6,9,12H,2,7-8,10-11H2/t12-/m1/s1. The fraction of sp³-hybridized carbons (Fsp3) is 0.438. The summed E-state index contributed by atoms with van der Waals surface area (Å²) in [5.74, 6) is 0.571. The highest BCUT2D eigenvalue weighted by atomic mass is 16.5. The number of ether oxygens (including phenoxy) is 2. The Kier molecular flexibility index (Phi) is 3.81. The molecule has 2 aliphatic rings. The van der Waals surface area contributed by atoms with Gasteiger partial charge in [0.1, 0.15) is 11.7 Å². The smallest absolute Gasteiger partial charge is 0.291 e. The van der Waals surface area contributed by atoms with Crippen molar-refractivity contribution >= 4 is 5.91 Å². The molecule has 0 aromatic carbocycles. The number of nitrogens with zero attached hydrogens (tertiary/aromatic N) is 5. The van der Waals surface area contributed by atoms with Crippen LogP contribution in [0.3, 0.4) is 0 Å². The average Bonchev–Trinajstić information content (AvgIpc) is 2.61. The maximum absolute atomic E-state index is 12.3. The van der Waals surface area contributed by atoms with Crippen molar-refractivity contribution in [1.82, 2.24) is 24.8 Å². The Bertz CT molecular complexity index is 706. The van der Waals surface area contributed by atoms with Crippen molar-refractivity contribution in [2.75, 3.05) is 19.7 Å². The molecule has 2 aliphatic heterocycles. The van der Waals surface area contributed by atoms with Crippen molar-refractivity contribution in [3.8, 4) is 5.88 Å². The van der Waals surface area contributed by atoms with E-state index in [0.717, 1.165) is 12.8 Å². The van der Waals surface area contributed by atoms with Gasteiger partial charge >= 0.3 is 0 Å². The number of rotatable bonds is 3. The van der Waals surface area contributed by atoms with Gasteiger partial charge in [0.2, 0.25) is 11.7 Å². The molecule has 1 atom stereocenters. The van der Waals surface area contributed by atoms with Gasteiger partial charge in [-0.25, -0.2) is 15.0 Å². The van der Waals surface area contributed by atoms with Gasteiger partial charge in [-0.1, -0.05) is 0 Å². The minimum Gasteiger partial charge on any atom is -0.473 e. The van der Waals surface area contributed by atoms with Crippen LogP contribution in [0.25, 0.3) is 0 Å². The number of amides is 1. The molecule has 124 valence electrons. The molecular weight excluding hydrogens is 310 g/mol. The van der Waals surface area contributed by atoms with Gasteiger partial charge < -0.3 is 14.4 Å². The lowest BCUT2D eigenvalue weighted by atomic mass is 9.84. The summed E-state index contributed by atoms with van der Waals surface area (Å²) in [5.41, 5.74) is -0.338. The zero-order chi connectivity index (χ0) is 16.4. The van der Waals surface area contributed by atoms with E-state index in [9.17, 15) is 4.79 Å². The Balaban J connectivity index is 1.36. The molecule has 0 radical (unpaired) electrons. The van der Waals surface area contributed by atoms with E-state index in [0.29, 0.717) is 25.6 Å². The summed E-state index contributed by atoms with van der Waals surface area (Å²) in [6.07, 6.45) is 9.49. The van der Waals surface area contributed by atoms with Crippen molar-refractivity contribution in [1.29, 1.82) is 0 Å². The Labute approximate surface area is 138 Å². The van der Waals surface area contributed by atoms with Crippen LogP contribution >= 0.6 is 0 Å². The molecule has 1 spiro atoms. The van der Waals surface area contributed by atoms with Gasteiger partial charge in [0, 0.05) is 37.6 Å². The lowest BCUT2D eigenvalue weighted by Crippen LogP contribution is -2.67. The van der Waals surface area contributed by atoms with E-state index in [-0.39, 0.29) is 23.4 Å². The number of hydrogen-bond acceptors (Lipinski definition) is 7. The Hall–Kier alpha value is -2.61. The maximum Gasteiger partial charge on any atom is 0.291 e. The van der Waals surface area contributed by atoms with Crippen molar-refractivity contribution in [2.45, 2.75) is 24.5 Å². The van der Waals surface area contributed by atoms with Gasteiger partial charge in [-0.05, 0) is 6.07 Å². The average molecular weight is 327 g/mol. The molecule has 4 rings (SSSR count). The zero-order valence-electron chi connectivity index (χ0n) is 13.0. The van der Waals surface area contributed by atoms with E-state index in [1.54, 1.807) is 42.0 Å². The summed E-state index contributed by atoms with van der Waals surface area (Å²) in [7, 11) is 0. The monoisotopic (exact) mass is 327 g/mol. The van der Waals surface area contributed by atoms with Gasteiger partial charge in [0.15, 0.2) is 0 Å². The van der Waals surface area contributed by atoms with Crippen molar-refractivity contribution < 1.29 is 14.3 Å². The highest BCUT2D eigenvalue weighted by Gasteiger charge is 2.50. The first-order valence-corrected chi connectivity index (χ1v) is 7.87. The highest BCUT2D eigenvalue weighted by Crippen LogP contribution is 2.35. The second-order valence-electron chi connectivity index (χ2n) is 6.04. The minimum absolute atomic E-state index is 0.0145. The van der Waals surface area contributed by atoms with Gasteiger partial charge in [-0.3, -0.25) is 9.78 Å². The quantitative estimate of drug-likeness (QED) is 0.820. The van der Waals surface area contributed by atoms with E-state index in [1.165, 1.54) is 0 Å². The van der Waals surface area contributed by atoms with Crippen LogP contribution in [-0.4, -0.2) is 62.1 Å². The van der Waals surface area contributed by atoms with Crippen molar-refractivity contribution in [3.05, 3.63) is 42.9 Å². The SMILES string of the molecule is O=C(c1ncccn1)N1CC2(C[C@H](Oc3cnccn3)CCO2)C1. The first-order valence-electron chi connectivity index (χ1n) is 7.87. The van der Waals surface area contributed by atoms with Gasteiger partial charge in [-0.15, -0.1) is 0 Å². The summed E-state index contributed by atoms with van der Waals surface area (Å²) in [5, 5.41) is 0. The van der Waals surface area contributed by atoms with Crippen LogP contribution in [0.15, 0.2) is 37.1 Å². The molecule has 8 nitrogen and oxygen atoms in total. The Morgan fingerprint density at radius 2 is 2.04 bits per heavy atom. The molecule has 2 aromatic heterocycles. The summed E-state index contributed by atoms with van der Waals surface area (Å²) in [4.78, 5) is 30.2. The zero-order valence-corrected chi connectivity index (χ0v) is 13.0. The maximum atomic E-state index is 12.3. The number of carbonyl (C=O) groups excluding carboxylic acids is 1. The molecule has 1 amide bonds. The fourth-order valence-electron chi connectivity index (χ4n) is 3.16. The first kappa shape index (κ1) is 14.9. The van der Waals surface area contributed by atoms with Crippen LogP contribution in [0.1, 0.15) is 23.5 Å². The second-order valence-corrected chi connectivity index (χ2v) is 6.04. The number of aromatic nitrogens is 4. The van der Waals surface area contributed by atoms with Crippen molar-refractivity contribution in [3.63, 3.8) is 0 Å². The highest BCUT2D eigenvalue weighted by molar-refractivity contribution is 5.91. The van der Waals surface area contributed by atoms with Crippen LogP contribution in [0.4, 0.5) is 0 Å².